The Labute approximate surface area is 106 Å². The van der Waals surface area contributed by atoms with Crippen molar-refractivity contribution in [1.82, 2.24) is 4.98 Å². The van der Waals surface area contributed by atoms with Crippen LogP contribution in [0, 0.1) is 17.6 Å². The van der Waals surface area contributed by atoms with Gasteiger partial charge in [-0.2, -0.15) is 9.37 Å². The van der Waals surface area contributed by atoms with Crippen molar-refractivity contribution >= 4 is 11.6 Å². The third-order valence-electron chi connectivity index (χ3n) is 2.14. The maximum Gasteiger partial charge on any atom is 0.253 e. The van der Waals surface area contributed by atoms with Gasteiger partial charge < -0.3 is 4.74 Å². The van der Waals surface area contributed by atoms with Crippen molar-refractivity contribution < 1.29 is 17.9 Å². The zero-order chi connectivity index (χ0) is 13.1. The maximum absolute atomic E-state index is 13.2. The fourth-order valence-corrected chi connectivity index (χ4v) is 1.39. The van der Waals surface area contributed by atoms with Crippen LogP contribution in [0.2, 0.25) is 5.02 Å². The molecule has 2 aromatic rings. The quantitative estimate of drug-likeness (QED) is 0.795. The van der Waals surface area contributed by atoms with E-state index in [0.29, 0.717) is 16.7 Å². The molecule has 0 saturated heterocycles. The minimum atomic E-state index is -1.40. The second-order valence-corrected chi connectivity index (χ2v) is 3.90. The highest BCUT2D eigenvalue weighted by Crippen LogP contribution is 2.18. The summed E-state index contributed by atoms with van der Waals surface area (Å²) in [6.45, 7) is -0.0217. The van der Waals surface area contributed by atoms with E-state index < -0.39 is 23.5 Å². The van der Waals surface area contributed by atoms with Gasteiger partial charge in [-0.05, 0) is 17.7 Å². The molecule has 2 nitrogen and oxygen atoms in total. The minimum absolute atomic E-state index is 0.0217. The van der Waals surface area contributed by atoms with Crippen molar-refractivity contribution in [3.05, 3.63) is 58.5 Å². The van der Waals surface area contributed by atoms with Crippen molar-refractivity contribution in [1.29, 1.82) is 0 Å². The van der Waals surface area contributed by atoms with Gasteiger partial charge in [0.2, 0.25) is 0 Å². The first kappa shape index (κ1) is 12.7. The average molecular weight is 274 g/mol. The van der Waals surface area contributed by atoms with Crippen LogP contribution >= 0.6 is 11.6 Å². The SMILES string of the molecule is Fc1cc(F)c(OCc2ccc(Cl)cc2)nc1F. The zero-order valence-corrected chi connectivity index (χ0v) is 9.72. The molecule has 0 radical (unpaired) electrons. The number of nitrogens with zero attached hydrogens (tertiary/aromatic N) is 1. The normalized spacial score (nSPS) is 10.4. The smallest absolute Gasteiger partial charge is 0.253 e. The third-order valence-corrected chi connectivity index (χ3v) is 2.40. The largest absolute Gasteiger partial charge is 0.471 e. The van der Waals surface area contributed by atoms with E-state index in [4.69, 9.17) is 16.3 Å². The summed E-state index contributed by atoms with van der Waals surface area (Å²) in [6, 6.07) is 6.99. The second-order valence-electron chi connectivity index (χ2n) is 3.46. The Morgan fingerprint density at radius 1 is 1.06 bits per heavy atom. The lowest BCUT2D eigenvalue weighted by Gasteiger charge is -2.06. The Hall–Kier alpha value is -1.75. The number of hydrogen-bond donors (Lipinski definition) is 0. The molecule has 0 aliphatic rings. The molecule has 18 heavy (non-hydrogen) atoms. The van der Waals surface area contributed by atoms with Crippen LogP contribution in [-0.2, 0) is 6.61 Å². The molecule has 0 fully saturated rings. The first-order valence-electron chi connectivity index (χ1n) is 4.95. The van der Waals surface area contributed by atoms with Crippen LogP contribution in [0.4, 0.5) is 13.2 Å². The number of rotatable bonds is 3. The van der Waals surface area contributed by atoms with Crippen molar-refractivity contribution in [3.8, 4) is 5.88 Å². The van der Waals surface area contributed by atoms with E-state index in [0.717, 1.165) is 0 Å². The van der Waals surface area contributed by atoms with E-state index in [9.17, 15) is 13.2 Å². The standard InChI is InChI=1S/C12H7ClF3NO/c13-8-3-1-7(2-4-8)6-18-12-10(15)5-9(14)11(16)17-12/h1-5H,6H2. The Bertz CT molecular complexity index is 560. The first-order chi connectivity index (χ1) is 8.56. The van der Waals surface area contributed by atoms with Crippen LogP contribution in [-0.4, -0.2) is 4.98 Å². The Morgan fingerprint density at radius 2 is 1.72 bits per heavy atom. The second kappa shape index (κ2) is 5.27. The molecule has 0 N–H and O–H groups in total. The molecule has 0 saturated carbocycles. The lowest BCUT2D eigenvalue weighted by Crippen LogP contribution is -2.02. The van der Waals surface area contributed by atoms with Gasteiger partial charge in [-0.15, -0.1) is 0 Å². The highest BCUT2D eigenvalue weighted by atomic mass is 35.5. The summed E-state index contributed by atoms with van der Waals surface area (Å²) >= 11 is 5.69. The van der Waals surface area contributed by atoms with Gasteiger partial charge in [0, 0.05) is 11.1 Å². The highest BCUT2D eigenvalue weighted by molar-refractivity contribution is 6.30. The van der Waals surface area contributed by atoms with Gasteiger partial charge in [-0.25, -0.2) is 8.78 Å². The van der Waals surface area contributed by atoms with Crippen LogP contribution < -0.4 is 4.74 Å². The Kier molecular flexibility index (Phi) is 3.72. The fourth-order valence-electron chi connectivity index (χ4n) is 1.26. The van der Waals surface area contributed by atoms with Crippen LogP contribution in [0.3, 0.4) is 0 Å². The Morgan fingerprint density at radius 3 is 2.39 bits per heavy atom. The van der Waals surface area contributed by atoms with Gasteiger partial charge in [0.05, 0.1) is 0 Å². The molecule has 0 aliphatic heterocycles. The van der Waals surface area contributed by atoms with Crippen molar-refractivity contribution in [2.24, 2.45) is 0 Å². The minimum Gasteiger partial charge on any atom is -0.471 e. The molecule has 0 spiro atoms. The predicted molar refractivity (Wildman–Crippen MR) is 59.9 cm³/mol. The first-order valence-corrected chi connectivity index (χ1v) is 5.33. The molecular formula is C12H7ClF3NO. The van der Waals surface area contributed by atoms with Gasteiger partial charge in [0.25, 0.3) is 11.8 Å². The van der Waals surface area contributed by atoms with E-state index in [1.807, 2.05) is 0 Å². The number of hydrogen-bond acceptors (Lipinski definition) is 2. The predicted octanol–water partition coefficient (Wildman–Crippen LogP) is 3.73. The molecule has 0 unspecified atom stereocenters. The van der Waals surface area contributed by atoms with E-state index in [2.05, 4.69) is 4.98 Å². The van der Waals surface area contributed by atoms with Gasteiger partial charge in [-0.3, -0.25) is 0 Å². The number of pyridine rings is 1. The van der Waals surface area contributed by atoms with Crippen LogP contribution in [0.25, 0.3) is 0 Å². The summed E-state index contributed by atoms with van der Waals surface area (Å²) in [6.07, 6.45) is 0. The summed E-state index contributed by atoms with van der Waals surface area (Å²) in [5.41, 5.74) is 0.699. The maximum atomic E-state index is 13.2. The molecule has 1 heterocycles. The molecule has 0 atom stereocenters. The topological polar surface area (TPSA) is 22.1 Å². The van der Waals surface area contributed by atoms with Gasteiger partial charge in [-0.1, -0.05) is 23.7 Å². The monoisotopic (exact) mass is 273 g/mol. The van der Waals surface area contributed by atoms with Crippen molar-refractivity contribution in [2.75, 3.05) is 0 Å². The van der Waals surface area contributed by atoms with E-state index in [1.54, 1.807) is 24.3 Å². The number of halogens is 4. The van der Waals surface area contributed by atoms with Gasteiger partial charge >= 0.3 is 0 Å². The molecule has 0 amide bonds. The number of aromatic nitrogens is 1. The van der Waals surface area contributed by atoms with E-state index in [-0.39, 0.29) is 6.61 Å². The summed E-state index contributed by atoms with van der Waals surface area (Å²) in [5, 5.41) is 0.552. The van der Waals surface area contributed by atoms with Crippen molar-refractivity contribution in [2.45, 2.75) is 6.61 Å². The number of benzene rings is 1. The highest BCUT2D eigenvalue weighted by Gasteiger charge is 2.12. The molecule has 2 rings (SSSR count). The van der Waals surface area contributed by atoms with Gasteiger partial charge in [0.1, 0.15) is 6.61 Å². The summed E-state index contributed by atoms with van der Waals surface area (Å²) in [5.74, 6) is -4.39. The van der Waals surface area contributed by atoms with Crippen LogP contribution in [0.15, 0.2) is 30.3 Å². The zero-order valence-electron chi connectivity index (χ0n) is 8.96. The van der Waals surface area contributed by atoms with Crippen molar-refractivity contribution in [3.63, 3.8) is 0 Å². The molecule has 1 aromatic heterocycles. The lowest BCUT2D eigenvalue weighted by molar-refractivity contribution is 0.268. The fraction of sp³-hybridized carbons (Fsp3) is 0.0833. The molecule has 0 aliphatic carbocycles. The molecular weight excluding hydrogens is 267 g/mol. The lowest BCUT2D eigenvalue weighted by atomic mass is 10.2. The van der Waals surface area contributed by atoms with E-state index >= 15 is 0 Å². The molecule has 1 aromatic carbocycles. The average Bonchev–Trinajstić information content (AvgIpc) is 2.34. The molecule has 0 bridgehead atoms. The van der Waals surface area contributed by atoms with Crippen LogP contribution in [0.1, 0.15) is 5.56 Å². The summed E-state index contributed by atoms with van der Waals surface area (Å²) in [4.78, 5) is 3.04. The summed E-state index contributed by atoms with van der Waals surface area (Å²) < 4.78 is 43.6. The van der Waals surface area contributed by atoms with E-state index in [1.165, 1.54) is 0 Å². The van der Waals surface area contributed by atoms with Gasteiger partial charge in [0.15, 0.2) is 11.6 Å². The third kappa shape index (κ3) is 2.92. The molecule has 6 heteroatoms. The van der Waals surface area contributed by atoms with Crippen LogP contribution in [0.5, 0.6) is 5.88 Å². The number of ether oxygens (including phenoxy) is 1. The Balaban J connectivity index is 2.10. The molecule has 94 valence electrons. The summed E-state index contributed by atoms with van der Waals surface area (Å²) in [7, 11) is 0.